The van der Waals surface area contributed by atoms with Gasteiger partial charge in [-0.1, -0.05) is 31.2 Å². The largest absolute Gasteiger partial charge is 0.497 e. The molecule has 3 amide bonds. The van der Waals surface area contributed by atoms with Gasteiger partial charge in [0.05, 0.1) is 37.6 Å². The molecule has 2 aromatic carbocycles. The Morgan fingerprint density at radius 2 is 1.73 bits per heavy atom. The zero-order valence-corrected chi connectivity index (χ0v) is 17.1. The first-order valence-electron chi connectivity index (χ1n) is 10.0. The first kappa shape index (κ1) is 19.8. The standard InChI is InChI=1S/C23H25N3O4/c1-3-12-30-18-10-6-16(7-11-18)21-20-19(24-23(28)25-21)14-26(22(20)27)13-15-4-8-17(29-2)9-5-15/h4-11,21H,3,12-14H2,1-2H3,(H2,24,25,28). The number of rotatable bonds is 7. The lowest BCUT2D eigenvalue weighted by atomic mass is 9.96. The fourth-order valence-corrected chi connectivity index (χ4v) is 3.73. The van der Waals surface area contributed by atoms with Crippen molar-refractivity contribution in [3.05, 3.63) is 70.9 Å². The van der Waals surface area contributed by atoms with Crippen LogP contribution in [-0.2, 0) is 11.3 Å². The maximum atomic E-state index is 13.2. The summed E-state index contributed by atoms with van der Waals surface area (Å²) < 4.78 is 10.8. The average Bonchev–Trinajstić information content (AvgIpc) is 3.07. The first-order chi connectivity index (χ1) is 14.6. The highest BCUT2D eigenvalue weighted by molar-refractivity contribution is 6.01. The van der Waals surface area contributed by atoms with Gasteiger partial charge in [-0.15, -0.1) is 0 Å². The summed E-state index contributed by atoms with van der Waals surface area (Å²) in [4.78, 5) is 27.1. The van der Waals surface area contributed by atoms with Gasteiger partial charge in [0.25, 0.3) is 5.91 Å². The molecule has 1 unspecified atom stereocenters. The van der Waals surface area contributed by atoms with Gasteiger partial charge in [-0.05, 0) is 41.8 Å². The van der Waals surface area contributed by atoms with Crippen molar-refractivity contribution in [3.63, 3.8) is 0 Å². The summed E-state index contributed by atoms with van der Waals surface area (Å²) in [6.45, 7) is 3.54. The van der Waals surface area contributed by atoms with E-state index >= 15 is 0 Å². The highest BCUT2D eigenvalue weighted by atomic mass is 16.5. The molecule has 0 saturated heterocycles. The molecule has 0 radical (unpaired) electrons. The molecule has 1 atom stereocenters. The molecular weight excluding hydrogens is 382 g/mol. The van der Waals surface area contributed by atoms with Crippen LogP contribution in [-0.4, -0.2) is 37.1 Å². The first-order valence-corrected chi connectivity index (χ1v) is 10.0. The minimum atomic E-state index is -0.484. The highest BCUT2D eigenvalue weighted by Crippen LogP contribution is 2.33. The van der Waals surface area contributed by atoms with Crippen molar-refractivity contribution in [2.24, 2.45) is 0 Å². The molecule has 2 N–H and O–H groups in total. The van der Waals surface area contributed by atoms with E-state index in [1.54, 1.807) is 12.0 Å². The number of methoxy groups -OCH3 is 1. The second-order valence-electron chi connectivity index (χ2n) is 7.35. The lowest BCUT2D eigenvalue weighted by molar-refractivity contribution is -0.126. The minimum Gasteiger partial charge on any atom is -0.497 e. The maximum absolute atomic E-state index is 13.2. The predicted octanol–water partition coefficient (Wildman–Crippen LogP) is 3.13. The second-order valence-corrected chi connectivity index (χ2v) is 7.35. The normalized spacial score (nSPS) is 18.1. The molecule has 0 saturated carbocycles. The van der Waals surface area contributed by atoms with Crippen LogP contribution in [0.1, 0.15) is 30.5 Å². The molecular formula is C23H25N3O4. The minimum absolute atomic E-state index is 0.0790. The van der Waals surface area contributed by atoms with Crippen LogP contribution in [0.4, 0.5) is 4.79 Å². The number of urea groups is 1. The zero-order chi connectivity index (χ0) is 21.1. The SMILES string of the molecule is CCCOc1ccc(C2NC(=O)NC3=C2C(=O)N(Cc2ccc(OC)cc2)C3)cc1. The van der Waals surface area contributed by atoms with E-state index in [2.05, 4.69) is 17.6 Å². The Morgan fingerprint density at radius 1 is 1.03 bits per heavy atom. The summed E-state index contributed by atoms with van der Waals surface area (Å²) in [6, 6.07) is 14.4. The summed E-state index contributed by atoms with van der Waals surface area (Å²) in [5.41, 5.74) is 3.09. The number of nitrogens with one attached hydrogen (secondary N) is 2. The molecule has 2 aliphatic heterocycles. The van der Waals surface area contributed by atoms with Crippen molar-refractivity contribution in [1.82, 2.24) is 15.5 Å². The van der Waals surface area contributed by atoms with Crippen molar-refractivity contribution in [2.45, 2.75) is 25.9 Å². The molecule has 7 heteroatoms. The van der Waals surface area contributed by atoms with Crippen LogP contribution >= 0.6 is 0 Å². The predicted molar refractivity (Wildman–Crippen MR) is 112 cm³/mol. The molecule has 156 valence electrons. The van der Waals surface area contributed by atoms with Gasteiger partial charge in [-0.25, -0.2) is 4.79 Å². The Morgan fingerprint density at radius 3 is 2.40 bits per heavy atom. The molecule has 30 heavy (non-hydrogen) atoms. The summed E-state index contributed by atoms with van der Waals surface area (Å²) in [5.74, 6) is 1.46. The Labute approximate surface area is 175 Å². The van der Waals surface area contributed by atoms with E-state index in [0.29, 0.717) is 31.0 Å². The number of carbonyl (C=O) groups excluding carboxylic acids is 2. The molecule has 2 heterocycles. The molecule has 0 aliphatic carbocycles. The number of amides is 3. The Hall–Kier alpha value is -3.48. The van der Waals surface area contributed by atoms with Crippen LogP contribution in [0.5, 0.6) is 11.5 Å². The van der Waals surface area contributed by atoms with Crippen molar-refractivity contribution in [1.29, 1.82) is 0 Å². The monoisotopic (exact) mass is 407 g/mol. The van der Waals surface area contributed by atoms with E-state index in [4.69, 9.17) is 9.47 Å². The molecule has 0 spiro atoms. The smallest absolute Gasteiger partial charge is 0.319 e. The van der Waals surface area contributed by atoms with Crippen LogP contribution in [0.25, 0.3) is 0 Å². The van der Waals surface area contributed by atoms with Gasteiger partial charge in [0.2, 0.25) is 0 Å². The third-order valence-electron chi connectivity index (χ3n) is 5.24. The average molecular weight is 407 g/mol. The number of hydrogen-bond donors (Lipinski definition) is 2. The third-order valence-corrected chi connectivity index (χ3v) is 5.24. The number of hydrogen-bond acceptors (Lipinski definition) is 4. The number of nitrogens with zero attached hydrogens (tertiary/aromatic N) is 1. The van der Waals surface area contributed by atoms with E-state index in [1.165, 1.54) is 0 Å². The fourth-order valence-electron chi connectivity index (χ4n) is 3.73. The topological polar surface area (TPSA) is 79.9 Å². The summed E-state index contributed by atoms with van der Waals surface area (Å²) in [6.07, 6.45) is 0.931. The van der Waals surface area contributed by atoms with E-state index < -0.39 is 6.04 Å². The van der Waals surface area contributed by atoms with Gasteiger partial charge in [0, 0.05) is 6.54 Å². The van der Waals surface area contributed by atoms with E-state index in [0.717, 1.165) is 29.0 Å². The Balaban J connectivity index is 1.53. The number of carbonyl (C=O) groups is 2. The molecule has 0 fully saturated rings. The van der Waals surface area contributed by atoms with Gasteiger partial charge in [0.1, 0.15) is 11.5 Å². The van der Waals surface area contributed by atoms with Crippen molar-refractivity contribution in [3.8, 4) is 11.5 Å². The summed E-state index contributed by atoms with van der Waals surface area (Å²) >= 11 is 0. The van der Waals surface area contributed by atoms with Gasteiger partial charge in [-0.2, -0.15) is 0 Å². The molecule has 0 aromatic heterocycles. The van der Waals surface area contributed by atoms with Crippen molar-refractivity contribution < 1.29 is 19.1 Å². The molecule has 4 rings (SSSR count). The van der Waals surface area contributed by atoms with E-state index in [1.807, 2.05) is 48.5 Å². The van der Waals surface area contributed by atoms with Crippen LogP contribution in [0.15, 0.2) is 59.8 Å². The van der Waals surface area contributed by atoms with E-state index in [9.17, 15) is 9.59 Å². The highest BCUT2D eigenvalue weighted by Gasteiger charge is 2.40. The molecule has 7 nitrogen and oxygen atoms in total. The Bertz CT molecular complexity index is 967. The number of ether oxygens (including phenoxy) is 2. The fraction of sp³-hybridized carbons (Fsp3) is 0.304. The lowest BCUT2D eigenvalue weighted by Gasteiger charge is -2.25. The quantitative estimate of drug-likeness (QED) is 0.739. The summed E-state index contributed by atoms with van der Waals surface area (Å²) in [5, 5.41) is 5.69. The van der Waals surface area contributed by atoms with Gasteiger partial charge >= 0.3 is 6.03 Å². The Kier molecular flexibility index (Phi) is 5.61. The van der Waals surface area contributed by atoms with Crippen molar-refractivity contribution >= 4 is 11.9 Å². The molecule has 2 aliphatic rings. The second kappa shape index (κ2) is 8.49. The number of benzene rings is 2. The summed E-state index contributed by atoms with van der Waals surface area (Å²) in [7, 11) is 1.62. The van der Waals surface area contributed by atoms with Gasteiger partial charge in [0.15, 0.2) is 0 Å². The van der Waals surface area contributed by atoms with E-state index in [-0.39, 0.29) is 11.9 Å². The van der Waals surface area contributed by atoms with Crippen LogP contribution in [0, 0.1) is 0 Å². The van der Waals surface area contributed by atoms with Crippen LogP contribution < -0.4 is 20.1 Å². The van der Waals surface area contributed by atoms with Crippen LogP contribution in [0.3, 0.4) is 0 Å². The molecule has 2 aromatic rings. The lowest BCUT2D eigenvalue weighted by Crippen LogP contribution is -2.44. The molecule has 0 bridgehead atoms. The van der Waals surface area contributed by atoms with Gasteiger partial charge in [-0.3, -0.25) is 4.79 Å². The third kappa shape index (κ3) is 3.96. The zero-order valence-electron chi connectivity index (χ0n) is 17.1. The maximum Gasteiger partial charge on any atom is 0.319 e. The van der Waals surface area contributed by atoms with Gasteiger partial charge < -0.3 is 25.0 Å². The van der Waals surface area contributed by atoms with Crippen molar-refractivity contribution in [2.75, 3.05) is 20.3 Å². The van der Waals surface area contributed by atoms with Crippen LogP contribution in [0.2, 0.25) is 0 Å².